The molecular formula is C24H29FN6O3S. The van der Waals surface area contributed by atoms with Crippen molar-refractivity contribution in [1.29, 1.82) is 0 Å². The van der Waals surface area contributed by atoms with Crippen LogP contribution >= 0.6 is 0 Å². The molecule has 1 aromatic carbocycles. The molecule has 0 saturated carbocycles. The van der Waals surface area contributed by atoms with Gasteiger partial charge in [-0.05, 0) is 19.1 Å². The fourth-order valence-electron chi connectivity index (χ4n) is 4.72. The molecule has 186 valence electrons. The van der Waals surface area contributed by atoms with Crippen LogP contribution in [-0.2, 0) is 14.8 Å². The van der Waals surface area contributed by atoms with Crippen LogP contribution in [0.25, 0.3) is 10.9 Å². The van der Waals surface area contributed by atoms with Crippen molar-refractivity contribution in [2.24, 2.45) is 0 Å². The first kappa shape index (κ1) is 23.7. The molecule has 2 aliphatic rings. The van der Waals surface area contributed by atoms with E-state index in [1.54, 1.807) is 12.3 Å². The number of hydrogen-bond acceptors (Lipinski definition) is 8. The van der Waals surface area contributed by atoms with Crippen molar-refractivity contribution in [3.63, 3.8) is 0 Å². The van der Waals surface area contributed by atoms with Crippen molar-refractivity contribution in [3.8, 4) is 0 Å². The third-order valence-electron chi connectivity index (χ3n) is 6.59. The van der Waals surface area contributed by atoms with Gasteiger partial charge in [-0.2, -0.15) is 9.43 Å². The molecule has 2 aliphatic heterocycles. The van der Waals surface area contributed by atoms with Crippen LogP contribution in [0.15, 0.2) is 42.7 Å². The Hall–Kier alpha value is -3.02. The van der Waals surface area contributed by atoms with Gasteiger partial charge in [-0.3, -0.25) is 4.98 Å². The molecule has 2 saturated heterocycles. The molecule has 0 radical (unpaired) electrons. The summed E-state index contributed by atoms with van der Waals surface area (Å²) >= 11 is 0. The number of fused-ring (bicyclic) bond motifs is 1. The van der Waals surface area contributed by atoms with E-state index in [0.717, 1.165) is 18.8 Å². The van der Waals surface area contributed by atoms with Gasteiger partial charge in [-0.25, -0.2) is 13.4 Å². The number of sulfonamides is 1. The van der Waals surface area contributed by atoms with E-state index in [0.29, 0.717) is 78.2 Å². The monoisotopic (exact) mass is 500 g/mol. The summed E-state index contributed by atoms with van der Waals surface area (Å²) in [5.41, 5.74) is 2.96. The minimum Gasteiger partial charge on any atom is -0.378 e. The van der Waals surface area contributed by atoms with Crippen molar-refractivity contribution < 1.29 is 17.6 Å². The highest BCUT2D eigenvalue weighted by atomic mass is 32.2. The molecular weight excluding hydrogens is 471 g/mol. The lowest BCUT2D eigenvalue weighted by atomic mass is 10.1. The first-order valence-corrected chi connectivity index (χ1v) is 13.5. The Balaban J connectivity index is 1.52. The Morgan fingerprint density at radius 3 is 2.43 bits per heavy atom. The molecule has 2 aromatic heterocycles. The second kappa shape index (κ2) is 9.56. The van der Waals surface area contributed by atoms with Crippen LogP contribution in [0.5, 0.6) is 0 Å². The Morgan fingerprint density at radius 1 is 1.00 bits per heavy atom. The summed E-state index contributed by atoms with van der Waals surface area (Å²) in [6.07, 6.45) is 4.48. The average Bonchev–Trinajstić information content (AvgIpc) is 2.88. The maximum absolute atomic E-state index is 16.2. The van der Waals surface area contributed by atoms with Gasteiger partial charge in [-0.1, -0.05) is 22.7 Å². The fourth-order valence-corrected chi connectivity index (χ4v) is 5.54. The molecule has 0 atom stereocenters. The van der Waals surface area contributed by atoms with E-state index in [1.165, 1.54) is 16.8 Å². The number of anilines is 4. The number of piperazine rings is 1. The van der Waals surface area contributed by atoms with E-state index in [4.69, 9.17) is 9.72 Å². The fraction of sp³-hybridized carbons (Fsp3) is 0.417. The summed E-state index contributed by atoms with van der Waals surface area (Å²) in [5, 5.41) is 1.38. The van der Waals surface area contributed by atoms with Gasteiger partial charge in [0.25, 0.3) is 0 Å². The van der Waals surface area contributed by atoms with Crippen LogP contribution in [0.1, 0.15) is 5.56 Å². The molecule has 9 nitrogen and oxygen atoms in total. The van der Waals surface area contributed by atoms with Crippen molar-refractivity contribution in [1.82, 2.24) is 14.3 Å². The third-order valence-corrected chi connectivity index (χ3v) is 7.90. The van der Waals surface area contributed by atoms with Crippen LogP contribution < -0.4 is 14.9 Å². The largest absolute Gasteiger partial charge is 0.378 e. The van der Waals surface area contributed by atoms with Crippen molar-refractivity contribution in [3.05, 3.63) is 48.3 Å². The number of benzene rings is 1. The highest BCUT2D eigenvalue weighted by molar-refractivity contribution is 7.88. The Morgan fingerprint density at radius 2 is 1.71 bits per heavy atom. The molecule has 3 aromatic rings. The van der Waals surface area contributed by atoms with Crippen molar-refractivity contribution in [2.45, 2.75) is 6.92 Å². The van der Waals surface area contributed by atoms with Gasteiger partial charge in [0.15, 0.2) is 0 Å². The maximum Gasteiger partial charge on any atom is 0.211 e. The Labute approximate surface area is 204 Å². The number of aromatic nitrogens is 2. The number of nitrogens with zero attached hydrogens (tertiary/aromatic N) is 6. The predicted octanol–water partition coefficient (Wildman–Crippen LogP) is 2.88. The first-order valence-electron chi connectivity index (χ1n) is 11.7. The van der Waals surface area contributed by atoms with Gasteiger partial charge in [0.2, 0.25) is 10.0 Å². The molecule has 2 fully saturated rings. The average molecular weight is 501 g/mol. The molecule has 35 heavy (non-hydrogen) atoms. The predicted molar refractivity (Wildman–Crippen MR) is 136 cm³/mol. The number of morpholine rings is 1. The first-order chi connectivity index (χ1) is 16.8. The number of pyridine rings is 2. The summed E-state index contributed by atoms with van der Waals surface area (Å²) in [5.74, 6) is 0.659. The summed E-state index contributed by atoms with van der Waals surface area (Å²) < 4.78 is 46.9. The SMILES string of the molecule is Cc1c(N2CCN(S(C)(=O)=O)CC2)nc2ccccc2c1N(F)c1cncc(N2CCOCC2)c1. The Bertz CT molecular complexity index is 1320. The zero-order valence-electron chi connectivity index (χ0n) is 19.9. The maximum atomic E-state index is 16.2. The summed E-state index contributed by atoms with van der Waals surface area (Å²) in [4.78, 5) is 13.3. The molecule has 0 N–H and O–H groups in total. The van der Waals surface area contributed by atoms with E-state index in [2.05, 4.69) is 9.88 Å². The van der Waals surface area contributed by atoms with E-state index < -0.39 is 10.0 Å². The Kier molecular flexibility index (Phi) is 6.47. The van der Waals surface area contributed by atoms with Gasteiger partial charge >= 0.3 is 0 Å². The van der Waals surface area contributed by atoms with E-state index >= 15 is 4.48 Å². The molecule has 0 aliphatic carbocycles. The number of para-hydroxylation sites is 1. The molecule has 11 heteroatoms. The minimum absolute atomic E-state index is 0.335. The smallest absolute Gasteiger partial charge is 0.211 e. The molecule has 0 unspecified atom stereocenters. The lowest BCUT2D eigenvalue weighted by Gasteiger charge is -2.35. The molecule has 5 rings (SSSR count). The highest BCUT2D eigenvalue weighted by Crippen LogP contribution is 2.40. The highest BCUT2D eigenvalue weighted by Gasteiger charge is 2.28. The zero-order chi connectivity index (χ0) is 24.6. The number of rotatable bonds is 5. The van der Waals surface area contributed by atoms with Crippen molar-refractivity contribution in [2.75, 3.05) is 73.7 Å². The van der Waals surface area contributed by atoms with E-state index in [-0.39, 0.29) is 0 Å². The van der Waals surface area contributed by atoms with Gasteiger partial charge in [0.05, 0.1) is 54.4 Å². The second-order valence-electron chi connectivity index (χ2n) is 8.86. The van der Waals surface area contributed by atoms with Crippen LogP contribution in [0.2, 0.25) is 0 Å². The van der Waals surface area contributed by atoms with Crippen LogP contribution in [0.4, 0.5) is 27.4 Å². The second-order valence-corrected chi connectivity index (χ2v) is 10.8. The normalized spacial score (nSPS) is 17.7. The topological polar surface area (TPSA) is 82.1 Å². The van der Waals surface area contributed by atoms with E-state index in [1.807, 2.05) is 36.1 Å². The number of halogens is 1. The molecule has 0 bridgehead atoms. The van der Waals surface area contributed by atoms with Crippen LogP contribution in [0, 0.1) is 6.92 Å². The molecule has 4 heterocycles. The van der Waals surface area contributed by atoms with Crippen molar-refractivity contribution >= 4 is 43.8 Å². The summed E-state index contributed by atoms with van der Waals surface area (Å²) in [6, 6.07) is 9.28. The summed E-state index contributed by atoms with van der Waals surface area (Å²) in [6.45, 7) is 6.30. The quantitative estimate of drug-likeness (QED) is 0.495. The summed E-state index contributed by atoms with van der Waals surface area (Å²) in [7, 11) is -3.25. The lowest BCUT2D eigenvalue weighted by molar-refractivity contribution is 0.122. The van der Waals surface area contributed by atoms with Crippen LogP contribution in [0.3, 0.4) is 0 Å². The molecule has 0 spiro atoms. The van der Waals surface area contributed by atoms with E-state index in [9.17, 15) is 8.42 Å². The standard InChI is InChI=1S/C24H29FN6O3S/c1-18-23(31(25)20-15-19(16-26-17-20)28-11-13-34-14-12-28)21-5-3-4-6-22(21)27-24(18)29-7-9-30(10-8-29)35(2,32)33/h3-6,15-17H,7-14H2,1-2H3. The van der Waals surface area contributed by atoms with Gasteiger partial charge < -0.3 is 14.5 Å². The zero-order valence-corrected chi connectivity index (χ0v) is 20.7. The number of ether oxygens (including phenoxy) is 1. The van der Waals surface area contributed by atoms with Gasteiger partial charge in [-0.15, -0.1) is 0 Å². The number of hydrogen-bond donors (Lipinski definition) is 0. The minimum atomic E-state index is -3.25. The van der Waals surface area contributed by atoms with Crippen LogP contribution in [-0.4, -0.2) is 81.4 Å². The lowest BCUT2D eigenvalue weighted by Crippen LogP contribution is -2.48. The van der Waals surface area contributed by atoms with Gasteiger partial charge in [0.1, 0.15) is 5.82 Å². The molecule has 0 amide bonds. The van der Waals surface area contributed by atoms with Gasteiger partial charge in [0, 0.05) is 50.2 Å². The third kappa shape index (κ3) is 4.75.